The summed E-state index contributed by atoms with van der Waals surface area (Å²) in [6.45, 7) is 3.66. The van der Waals surface area contributed by atoms with Crippen molar-refractivity contribution in [2.45, 2.75) is 187 Å². The summed E-state index contributed by atoms with van der Waals surface area (Å²) < 4.78 is 26.2. The average Bonchev–Trinajstić information content (AvgIpc) is 2.95. The first-order valence-electron chi connectivity index (χ1n) is 17.3. The highest BCUT2D eigenvalue weighted by atomic mass is 31.2. The zero-order valence-corrected chi connectivity index (χ0v) is 28.1. The maximum atomic E-state index is 12.3. The van der Waals surface area contributed by atoms with Gasteiger partial charge in [0.2, 0.25) is 0 Å². The van der Waals surface area contributed by atoms with E-state index in [2.05, 4.69) is 18.4 Å². The van der Waals surface area contributed by atoms with Gasteiger partial charge in [0.1, 0.15) is 6.61 Å². The summed E-state index contributed by atoms with van der Waals surface area (Å²) >= 11 is 0. The number of esters is 2. The van der Waals surface area contributed by atoms with Gasteiger partial charge in [0.05, 0.1) is 6.61 Å². The number of hydrogen-bond donors (Lipinski definition) is 2. The molecule has 0 aromatic rings. The van der Waals surface area contributed by atoms with Gasteiger partial charge in [-0.05, 0) is 12.8 Å². The Bertz CT molecular complexity index is 666. The highest BCUT2D eigenvalue weighted by Gasteiger charge is 2.22. The molecule has 0 unspecified atom stereocenters. The van der Waals surface area contributed by atoms with Gasteiger partial charge in [0.15, 0.2) is 6.10 Å². The Balaban J connectivity index is 3.95. The minimum Gasteiger partial charge on any atom is -0.462 e. The molecule has 0 aromatic heterocycles. The number of ether oxygens (including phenoxy) is 2. The molecule has 8 nitrogen and oxygen atoms in total. The van der Waals surface area contributed by atoms with Crippen molar-refractivity contribution in [1.82, 2.24) is 0 Å². The Labute approximate surface area is 257 Å². The molecule has 0 aliphatic carbocycles. The zero-order chi connectivity index (χ0) is 31.2. The lowest BCUT2D eigenvalue weighted by Gasteiger charge is -2.18. The van der Waals surface area contributed by atoms with Crippen LogP contribution in [0, 0.1) is 0 Å². The average molecular weight is 621 g/mol. The third-order valence-electron chi connectivity index (χ3n) is 7.63. The van der Waals surface area contributed by atoms with Crippen molar-refractivity contribution < 1.29 is 37.9 Å². The van der Waals surface area contributed by atoms with E-state index in [1.54, 1.807) is 0 Å². The largest absolute Gasteiger partial charge is 0.469 e. The molecule has 0 bridgehead atoms. The monoisotopic (exact) mass is 620 g/mol. The number of carbonyl (C=O) groups is 2. The third-order valence-corrected chi connectivity index (χ3v) is 8.11. The summed E-state index contributed by atoms with van der Waals surface area (Å²) in [5, 5.41) is 0. The van der Waals surface area contributed by atoms with Crippen LogP contribution in [0.5, 0.6) is 0 Å². The van der Waals surface area contributed by atoms with Gasteiger partial charge in [0.25, 0.3) is 0 Å². The predicted octanol–water partition coefficient (Wildman–Crippen LogP) is 9.73. The van der Waals surface area contributed by atoms with Crippen LogP contribution in [0.1, 0.15) is 181 Å². The van der Waals surface area contributed by atoms with Gasteiger partial charge >= 0.3 is 19.8 Å². The lowest BCUT2D eigenvalue weighted by atomic mass is 10.0. The summed E-state index contributed by atoms with van der Waals surface area (Å²) in [6, 6.07) is 0. The predicted molar refractivity (Wildman–Crippen MR) is 170 cm³/mol. The van der Waals surface area contributed by atoms with Crippen molar-refractivity contribution in [3.63, 3.8) is 0 Å². The fourth-order valence-corrected chi connectivity index (χ4v) is 5.38. The molecule has 42 heavy (non-hydrogen) atoms. The van der Waals surface area contributed by atoms with Crippen molar-refractivity contribution >= 4 is 19.8 Å². The fourth-order valence-electron chi connectivity index (χ4n) is 5.02. The zero-order valence-electron chi connectivity index (χ0n) is 27.2. The molecule has 0 saturated carbocycles. The molecule has 0 rings (SSSR count). The molecule has 0 spiro atoms. The molecule has 0 aromatic carbocycles. The number of phosphoric acid groups is 1. The van der Waals surface area contributed by atoms with Crippen LogP contribution in [0.3, 0.4) is 0 Å². The standard InChI is InChI=1S/C33H65O8P/c1-3-5-7-9-11-13-15-16-17-18-20-21-23-25-27-32(34)39-29-31(30-40-42(36,37)38)41-33(35)28-26-24-22-19-14-12-10-8-6-4-2/h31H,3-30H2,1-2H3,(H2,36,37,38)/t31-/m1/s1. The summed E-state index contributed by atoms with van der Waals surface area (Å²) in [5.74, 6) is -0.877. The molecule has 0 aliphatic rings. The van der Waals surface area contributed by atoms with Crippen molar-refractivity contribution in [2.75, 3.05) is 13.2 Å². The van der Waals surface area contributed by atoms with Gasteiger partial charge in [-0.2, -0.15) is 0 Å². The summed E-state index contributed by atoms with van der Waals surface area (Å²) in [6.07, 6.45) is 28.3. The molecule has 250 valence electrons. The molecule has 0 heterocycles. The topological polar surface area (TPSA) is 119 Å². The van der Waals surface area contributed by atoms with Crippen LogP contribution in [0.4, 0.5) is 0 Å². The van der Waals surface area contributed by atoms with Crippen molar-refractivity contribution in [2.24, 2.45) is 0 Å². The maximum Gasteiger partial charge on any atom is 0.469 e. The first-order valence-corrected chi connectivity index (χ1v) is 18.9. The van der Waals surface area contributed by atoms with Crippen LogP contribution in [-0.4, -0.2) is 41.0 Å². The SMILES string of the molecule is CCCCCCCCCCCCCCCCC(=O)OC[C@H](COP(=O)(O)O)OC(=O)CCCCCCCCCCCC. The van der Waals surface area contributed by atoms with Crippen LogP contribution in [0.2, 0.25) is 0 Å². The lowest BCUT2D eigenvalue weighted by molar-refractivity contribution is -0.161. The lowest BCUT2D eigenvalue weighted by Crippen LogP contribution is -2.29. The Morgan fingerprint density at radius 1 is 0.524 bits per heavy atom. The van der Waals surface area contributed by atoms with E-state index in [0.717, 1.165) is 38.5 Å². The molecule has 0 fully saturated rings. The van der Waals surface area contributed by atoms with E-state index < -0.39 is 32.5 Å². The molecular weight excluding hydrogens is 555 g/mol. The smallest absolute Gasteiger partial charge is 0.462 e. The van der Waals surface area contributed by atoms with Gasteiger partial charge in [-0.1, -0.05) is 155 Å². The Kier molecular flexibility index (Phi) is 29.4. The van der Waals surface area contributed by atoms with E-state index >= 15 is 0 Å². The van der Waals surface area contributed by atoms with Gasteiger partial charge in [-0.25, -0.2) is 4.57 Å². The van der Waals surface area contributed by atoms with E-state index in [9.17, 15) is 14.2 Å². The Morgan fingerprint density at radius 2 is 0.857 bits per heavy atom. The molecule has 0 aliphatic heterocycles. The Morgan fingerprint density at radius 3 is 1.21 bits per heavy atom. The van der Waals surface area contributed by atoms with E-state index in [-0.39, 0.29) is 19.4 Å². The first kappa shape index (κ1) is 41.0. The van der Waals surface area contributed by atoms with Gasteiger partial charge in [-0.3, -0.25) is 14.1 Å². The van der Waals surface area contributed by atoms with Gasteiger partial charge in [-0.15, -0.1) is 0 Å². The highest BCUT2D eigenvalue weighted by molar-refractivity contribution is 7.46. The maximum absolute atomic E-state index is 12.3. The van der Waals surface area contributed by atoms with Crippen LogP contribution in [0.15, 0.2) is 0 Å². The second kappa shape index (κ2) is 30.1. The fraction of sp³-hybridized carbons (Fsp3) is 0.939. The molecule has 9 heteroatoms. The summed E-state index contributed by atoms with van der Waals surface area (Å²) in [7, 11) is -4.73. The van der Waals surface area contributed by atoms with Crippen molar-refractivity contribution in [3.05, 3.63) is 0 Å². The molecule has 1 atom stereocenters. The van der Waals surface area contributed by atoms with Gasteiger partial charge < -0.3 is 19.3 Å². The third kappa shape index (κ3) is 32.0. The molecular formula is C33H65O8P. The number of phosphoric ester groups is 1. The van der Waals surface area contributed by atoms with E-state index in [4.69, 9.17) is 19.3 Å². The van der Waals surface area contributed by atoms with Crippen LogP contribution < -0.4 is 0 Å². The Hall–Kier alpha value is -0.950. The number of hydrogen-bond acceptors (Lipinski definition) is 6. The summed E-state index contributed by atoms with van der Waals surface area (Å²) in [4.78, 5) is 42.5. The van der Waals surface area contributed by atoms with Crippen LogP contribution in [0.25, 0.3) is 0 Å². The minimum atomic E-state index is -4.73. The quantitative estimate of drug-likeness (QED) is 0.0433. The second-order valence-corrected chi connectivity index (χ2v) is 13.1. The molecule has 0 radical (unpaired) electrons. The first-order chi connectivity index (χ1) is 20.3. The van der Waals surface area contributed by atoms with E-state index in [1.807, 2.05) is 0 Å². The molecule has 0 amide bonds. The summed E-state index contributed by atoms with van der Waals surface area (Å²) in [5.41, 5.74) is 0. The second-order valence-electron chi connectivity index (χ2n) is 11.9. The highest BCUT2D eigenvalue weighted by Crippen LogP contribution is 2.36. The minimum absolute atomic E-state index is 0.218. The normalized spacial score (nSPS) is 12.4. The number of unbranched alkanes of at least 4 members (excludes halogenated alkanes) is 22. The van der Waals surface area contributed by atoms with E-state index in [0.29, 0.717) is 6.42 Å². The van der Waals surface area contributed by atoms with Crippen molar-refractivity contribution in [1.29, 1.82) is 0 Å². The van der Waals surface area contributed by atoms with Crippen LogP contribution >= 0.6 is 7.82 Å². The molecule has 2 N–H and O–H groups in total. The number of rotatable bonds is 32. The van der Waals surface area contributed by atoms with Gasteiger partial charge in [0, 0.05) is 12.8 Å². The molecule has 0 saturated heterocycles. The van der Waals surface area contributed by atoms with Crippen LogP contribution in [-0.2, 0) is 28.2 Å². The van der Waals surface area contributed by atoms with E-state index in [1.165, 1.54) is 109 Å². The van der Waals surface area contributed by atoms with Crippen molar-refractivity contribution in [3.8, 4) is 0 Å². The number of carbonyl (C=O) groups excluding carboxylic acids is 2.